The first-order valence-corrected chi connectivity index (χ1v) is 8.28. The molecule has 0 fully saturated rings. The first-order valence-electron chi connectivity index (χ1n) is 7.90. The number of hydrogen-bond acceptors (Lipinski definition) is 0. The van der Waals surface area contributed by atoms with E-state index in [-0.39, 0.29) is 0 Å². The van der Waals surface area contributed by atoms with Gasteiger partial charge in [-0.25, -0.2) is 0 Å². The molecule has 1 atom stereocenters. The van der Waals surface area contributed by atoms with E-state index in [1.165, 1.54) is 33.4 Å². The Labute approximate surface area is 142 Å². The number of fused-ring (bicyclic) bond motifs is 1. The van der Waals surface area contributed by atoms with Crippen molar-refractivity contribution in [2.75, 3.05) is 0 Å². The van der Waals surface area contributed by atoms with Gasteiger partial charge in [0, 0.05) is 10.9 Å². The Morgan fingerprint density at radius 2 is 1.43 bits per heavy atom. The highest BCUT2D eigenvalue weighted by Crippen LogP contribution is 2.49. The van der Waals surface area contributed by atoms with E-state index in [1.54, 1.807) is 0 Å². The average molecular weight is 317 g/mol. The molecule has 4 rings (SSSR count). The highest BCUT2D eigenvalue weighted by Gasteiger charge is 2.29. The fourth-order valence-corrected chi connectivity index (χ4v) is 3.78. The van der Waals surface area contributed by atoms with Crippen LogP contribution in [0.25, 0.3) is 11.1 Å². The predicted molar refractivity (Wildman–Crippen MR) is 98.7 cm³/mol. The Kier molecular flexibility index (Phi) is 3.55. The molecule has 0 amide bonds. The zero-order valence-corrected chi connectivity index (χ0v) is 13.7. The van der Waals surface area contributed by atoms with Crippen molar-refractivity contribution in [1.82, 2.24) is 0 Å². The van der Waals surface area contributed by atoms with Gasteiger partial charge in [0.15, 0.2) is 0 Å². The lowest BCUT2D eigenvalue weighted by atomic mass is 9.91. The summed E-state index contributed by atoms with van der Waals surface area (Å²) in [6.45, 7) is 2.29. The molecule has 3 aromatic carbocycles. The van der Waals surface area contributed by atoms with Crippen LogP contribution in [0.1, 0.15) is 35.1 Å². The smallest absolute Gasteiger partial charge is 0.0412 e. The number of rotatable bonds is 2. The van der Waals surface area contributed by atoms with Crippen molar-refractivity contribution < 1.29 is 0 Å². The molecule has 1 unspecified atom stereocenters. The van der Waals surface area contributed by atoms with Crippen molar-refractivity contribution >= 4 is 22.7 Å². The fraction of sp³-hybridized carbons (Fsp3) is 0.0909. The summed E-state index contributed by atoms with van der Waals surface area (Å²) in [5.41, 5.74) is 7.87. The highest BCUT2D eigenvalue weighted by molar-refractivity contribution is 6.30. The second-order valence-electron chi connectivity index (χ2n) is 5.97. The van der Waals surface area contributed by atoms with Crippen LogP contribution in [-0.2, 0) is 0 Å². The molecule has 3 aromatic rings. The van der Waals surface area contributed by atoms with Gasteiger partial charge >= 0.3 is 0 Å². The number of benzene rings is 3. The summed E-state index contributed by atoms with van der Waals surface area (Å²) >= 11 is 6.26. The summed E-state index contributed by atoms with van der Waals surface area (Å²) < 4.78 is 0. The van der Waals surface area contributed by atoms with Crippen LogP contribution in [0.15, 0.2) is 78.9 Å². The minimum atomic E-state index is 0.377. The molecule has 0 aromatic heterocycles. The molecule has 0 saturated carbocycles. The third kappa shape index (κ3) is 2.40. The first kappa shape index (κ1) is 14.3. The fourth-order valence-electron chi connectivity index (χ4n) is 3.59. The zero-order chi connectivity index (χ0) is 15.8. The number of allylic oxidation sites excluding steroid dienone is 1. The van der Waals surface area contributed by atoms with Gasteiger partial charge in [0.1, 0.15) is 0 Å². The van der Waals surface area contributed by atoms with Crippen LogP contribution in [0.4, 0.5) is 0 Å². The van der Waals surface area contributed by atoms with Gasteiger partial charge in [-0.3, -0.25) is 0 Å². The van der Waals surface area contributed by atoms with Gasteiger partial charge in [-0.2, -0.15) is 0 Å². The highest BCUT2D eigenvalue weighted by atomic mass is 35.5. The van der Waals surface area contributed by atoms with Gasteiger partial charge in [0.05, 0.1) is 0 Å². The van der Waals surface area contributed by atoms with E-state index < -0.39 is 0 Å². The van der Waals surface area contributed by atoms with Gasteiger partial charge in [-0.05, 0) is 45.5 Å². The average Bonchev–Trinajstić information content (AvgIpc) is 2.89. The van der Waals surface area contributed by atoms with Gasteiger partial charge in [-0.1, -0.05) is 85.3 Å². The van der Waals surface area contributed by atoms with E-state index in [1.807, 2.05) is 12.1 Å². The Morgan fingerprint density at radius 1 is 0.739 bits per heavy atom. The third-order valence-corrected chi connectivity index (χ3v) is 4.83. The minimum Gasteiger partial charge on any atom is -0.0843 e. The van der Waals surface area contributed by atoms with Crippen molar-refractivity contribution in [2.45, 2.75) is 12.8 Å². The molecule has 0 N–H and O–H groups in total. The molecule has 0 nitrogen and oxygen atoms in total. The van der Waals surface area contributed by atoms with E-state index >= 15 is 0 Å². The summed E-state index contributed by atoms with van der Waals surface area (Å²) in [5.74, 6) is 0.377. The Balaban J connectivity index is 2.03. The van der Waals surface area contributed by atoms with Crippen LogP contribution in [0.2, 0.25) is 5.02 Å². The van der Waals surface area contributed by atoms with Gasteiger partial charge in [0.25, 0.3) is 0 Å². The Morgan fingerprint density at radius 3 is 2.22 bits per heavy atom. The van der Waals surface area contributed by atoms with Crippen LogP contribution in [0.5, 0.6) is 0 Å². The molecule has 23 heavy (non-hydrogen) atoms. The van der Waals surface area contributed by atoms with Crippen molar-refractivity contribution in [3.05, 3.63) is 106 Å². The molecule has 1 aliphatic carbocycles. The maximum absolute atomic E-state index is 6.26. The normalized spacial score (nSPS) is 16.5. The predicted octanol–water partition coefficient (Wildman–Crippen LogP) is 6.42. The second kappa shape index (κ2) is 5.72. The molecule has 1 aliphatic rings. The summed E-state index contributed by atoms with van der Waals surface area (Å²) in [5, 5.41) is 0.777. The van der Waals surface area contributed by atoms with Crippen LogP contribution in [0, 0.1) is 0 Å². The van der Waals surface area contributed by atoms with E-state index in [4.69, 9.17) is 11.6 Å². The summed E-state index contributed by atoms with van der Waals surface area (Å²) in [7, 11) is 0. The quantitative estimate of drug-likeness (QED) is 0.512. The van der Waals surface area contributed by atoms with E-state index in [0.717, 1.165) is 5.02 Å². The lowest BCUT2D eigenvalue weighted by Gasteiger charge is -2.13. The van der Waals surface area contributed by atoms with E-state index in [9.17, 15) is 0 Å². The van der Waals surface area contributed by atoms with Crippen LogP contribution in [0.3, 0.4) is 0 Å². The maximum Gasteiger partial charge on any atom is 0.0412 e. The molecule has 0 radical (unpaired) electrons. The Bertz CT molecular complexity index is 891. The lowest BCUT2D eigenvalue weighted by Crippen LogP contribution is -1.93. The zero-order valence-electron chi connectivity index (χ0n) is 13.0. The van der Waals surface area contributed by atoms with Crippen molar-refractivity contribution in [1.29, 1.82) is 0 Å². The van der Waals surface area contributed by atoms with Crippen LogP contribution >= 0.6 is 11.6 Å². The SMILES string of the molecule is CC1C(c2ccccc2)=C(c2cccc(Cl)c2)c2ccccc21. The summed E-state index contributed by atoms with van der Waals surface area (Å²) in [6.07, 6.45) is 0. The molecule has 0 heterocycles. The second-order valence-corrected chi connectivity index (χ2v) is 6.41. The van der Waals surface area contributed by atoms with E-state index in [0.29, 0.717) is 5.92 Å². The molecular formula is C22H17Cl. The van der Waals surface area contributed by atoms with Crippen molar-refractivity contribution in [2.24, 2.45) is 0 Å². The maximum atomic E-state index is 6.26. The number of hydrogen-bond donors (Lipinski definition) is 0. The first-order chi connectivity index (χ1) is 11.3. The van der Waals surface area contributed by atoms with E-state index in [2.05, 4.69) is 73.7 Å². The standard InChI is InChI=1S/C22H17Cl/c1-15-19-12-5-6-13-20(19)22(17-10-7-11-18(23)14-17)21(15)16-8-3-2-4-9-16/h2-15H,1H3. The van der Waals surface area contributed by atoms with Crippen LogP contribution < -0.4 is 0 Å². The van der Waals surface area contributed by atoms with Crippen molar-refractivity contribution in [3.63, 3.8) is 0 Å². The van der Waals surface area contributed by atoms with Gasteiger partial charge < -0.3 is 0 Å². The molecule has 0 spiro atoms. The lowest BCUT2D eigenvalue weighted by molar-refractivity contribution is 1.01. The summed E-state index contributed by atoms with van der Waals surface area (Å²) in [6, 6.07) is 27.5. The number of halogens is 1. The topological polar surface area (TPSA) is 0 Å². The minimum absolute atomic E-state index is 0.377. The van der Waals surface area contributed by atoms with Gasteiger partial charge in [0.2, 0.25) is 0 Å². The monoisotopic (exact) mass is 316 g/mol. The molecule has 112 valence electrons. The summed E-state index contributed by atoms with van der Waals surface area (Å²) in [4.78, 5) is 0. The van der Waals surface area contributed by atoms with Crippen molar-refractivity contribution in [3.8, 4) is 0 Å². The van der Waals surface area contributed by atoms with Crippen LogP contribution in [-0.4, -0.2) is 0 Å². The van der Waals surface area contributed by atoms with Gasteiger partial charge in [-0.15, -0.1) is 0 Å². The molecule has 0 saturated heterocycles. The Hall–Kier alpha value is -2.31. The molecule has 0 bridgehead atoms. The third-order valence-electron chi connectivity index (χ3n) is 4.60. The molecular weight excluding hydrogens is 300 g/mol. The largest absolute Gasteiger partial charge is 0.0843 e. The molecule has 1 heteroatoms. The molecule has 0 aliphatic heterocycles.